The van der Waals surface area contributed by atoms with Gasteiger partial charge in [-0.2, -0.15) is 0 Å². The third-order valence-electron chi connectivity index (χ3n) is 5.63. The molecule has 0 spiro atoms. The highest BCUT2D eigenvalue weighted by molar-refractivity contribution is 7.89. The lowest BCUT2D eigenvalue weighted by molar-refractivity contribution is 0.102. The van der Waals surface area contributed by atoms with E-state index in [1.807, 2.05) is 54.6 Å². The summed E-state index contributed by atoms with van der Waals surface area (Å²) in [6.45, 7) is 4.53. The van der Waals surface area contributed by atoms with Crippen molar-refractivity contribution in [1.29, 1.82) is 0 Å². The number of sulfonamides is 1. The molecule has 1 heterocycles. The van der Waals surface area contributed by atoms with Crippen molar-refractivity contribution in [2.75, 3.05) is 23.3 Å². The monoisotopic (exact) mass is 449 g/mol. The molecule has 2 N–H and O–H groups in total. The molecule has 1 aliphatic rings. The van der Waals surface area contributed by atoms with E-state index in [2.05, 4.69) is 21.9 Å². The van der Waals surface area contributed by atoms with Crippen LogP contribution in [-0.2, 0) is 16.6 Å². The second kappa shape index (κ2) is 9.54. The van der Waals surface area contributed by atoms with Crippen molar-refractivity contribution in [3.8, 4) is 0 Å². The van der Waals surface area contributed by atoms with E-state index >= 15 is 0 Å². The van der Waals surface area contributed by atoms with E-state index in [9.17, 15) is 13.2 Å². The van der Waals surface area contributed by atoms with Gasteiger partial charge in [0.05, 0.1) is 4.90 Å². The molecular formula is C25H27N3O3S. The van der Waals surface area contributed by atoms with Gasteiger partial charge in [0, 0.05) is 36.6 Å². The maximum absolute atomic E-state index is 12.7. The Bertz CT molecular complexity index is 1180. The molecule has 0 saturated carbocycles. The number of rotatable bonds is 7. The highest BCUT2D eigenvalue weighted by Gasteiger charge is 2.19. The normalized spacial score (nSPS) is 16.2. The van der Waals surface area contributed by atoms with Crippen molar-refractivity contribution in [1.82, 2.24) is 4.72 Å². The number of hydrogen-bond acceptors (Lipinski definition) is 4. The van der Waals surface area contributed by atoms with E-state index in [0.717, 1.165) is 24.3 Å². The summed E-state index contributed by atoms with van der Waals surface area (Å²) >= 11 is 0. The fourth-order valence-electron chi connectivity index (χ4n) is 3.79. The van der Waals surface area contributed by atoms with Gasteiger partial charge in [-0.25, -0.2) is 13.1 Å². The van der Waals surface area contributed by atoms with Crippen molar-refractivity contribution in [2.45, 2.75) is 24.8 Å². The van der Waals surface area contributed by atoms with Gasteiger partial charge in [-0.15, -0.1) is 0 Å². The molecule has 32 heavy (non-hydrogen) atoms. The minimum Gasteiger partial charge on any atom is -0.371 e. The summed E-state index contributed by atoms with van der Waals surface area (Å²) in [6, 6.07) is 23.1. The van der Waals surface area contributed by atoms with Gasteiger partial charge >= 0.3 is 0 Å². The summed E-state index contributed by atoms with van der Waals surface area (Å²) in [7, 11) is -3.74. The number of carbonyl (C=O) groups excluding carboxylic acids is 1. The molecule has 0 aliphatic carbocycles. The van der Waals surface area contributed by atoms with Crippen molar-refractivity contribution in [3.05, 3.63) is 90.0 Å². The molecule has 0 aromatic heterocycles. The van der Waals surface area contributed by atoms with E-state index in [-0.39, 0.29) is 22.9 Å². The largest absolute Gasteiger partial charge is 0.371 e. The number of nitrogens with zero attached hydrogens (tertiary/aromatic N) is 1. The Balaban J connectivity index is 1.41. The Morgan fingerprint density at radius 3 is 2.44 bits per heavy atom. The highest BCUT2D eigenvalue weighted by atomic mass is 32.2. The summed E-state index contributed by atoms with van der Waals surface area (Å²) < 4.78 is 27.9. The lowest BCUT2D eigenvalue weighted by atomic mass is 10.2. The van der Waals surface area contributed by atoms with E-state index < -0.39 is 10.0 Å². The van der Waals surface area contributed by atoms with Crippen LogP contribution in [0.25, 0.3) is 0 Å². The van der Waals surface area contributed by atoms with Crippen LogP contribution in [0.5, 0.6) is 0 Å². The van der Waals surface area contributed by atoms with E-state index in [4.69, 9.17) is 0 Å². The predicted octanol–water partition coefficient (Wildman–Crippen LogP) is 4.26. The van der Waals surface area contributed by atoms with Crippen LogP contribution in [0.2, 0.25) is 0 Å². The van der Waals surface area contributed by atoms with Gasteiger partial charge in [-0.1, -0.05) is 43.3 Å². The first-order chi connectivity index (χ1) is 15.4. The fourth-order valence-corrected chi connectivity index (χ4v) is 4.85. The fraction of sp³-hybridized carbons (Fsp3) is 0.240. The molecule has 6 nitrogen and oxygen atoms in total. The zero-order valence-corrected chi connectivity index (χ0v) is 18.8. The summed E-state index contributed by atoms with van der Waals surface area (Å²) in [6.07, 6.45) is 1.19. The molecule has 0 radical (unpaired) electrons. The van der Waals surface area contributed by atoms with Crippen molar-refractivity contribution < 1.29 is 13.2 Å². The number of hydrogen-bond donors (Lipinski definition) is 2. The van der Waals surface area contributed by atoms with Gasteiger partial charge in [0.2, 0.25) is 10.0 Å². The first kappa shape index (κ1) is 22.0. The van der Waals surface area contributed by atoms with Crippen LogP contribution in [0.3, 0.4) is 0 Å². The maximum Gasteiger partial charge on any atom is 0.255 e. The van der Waals surface area contributed by atoms with Crippen LogP contribution in [-0.4, -0.2) is 27.4 Å². The van der Waals surface area contributed by atoms with E-state index in [1.54, 1.807) is 12.1 Å². The lowest BCUT2D eigenvalue weighted by Gasteiger charge is -2.18. The highest BCUT2D eigenvalue weighted by Crippen LogP contribution is 2.25. The molecular weight excluding hydrogens is 422 g/mol. The summed E-state index contributed by atoms with van der Waals surface area (Å²) in [4.78, 5) is 15.1. The van der Waals surface area contributed by atoms with Crippen LogP contribution in [0.15, 0.2) is 83.8 Å². The Kier molecular flexibility index (Phi) is 6.58. The standard InChI is InChI=1S/C25H27N3O3S/c1-19-14-15-28(18-19)23-12-10-22(11-13-23)27-25(29)21-8-5-9-24(16-21)32(30,31)26-17-20-6-3-2-4-7-20/h2-13,16,19,26H,14-15,17-18H2,1H3,(H,27,29). The van der Waals surface area contributed by atoms with Gasteiger partial charge in [0.15, 0.2) is 0 Å². The molecule has 3 aromatic carbocycles. The molecule has 0 bridgehead atoms. The second-order valence-electron chi connectivity index (χ2n) is 8.18. The molecule has 7 heteroatoms. The second-order valence-corrected chi connectivity index (χ2v) is 9.95. The van der Waals surface area contributed by atoms with Crippen LogP contribution in [0.1, 0.15) is 29.3 Å². The Hall–Kier alpha value is -3.16. The summed E-state index contributed by atoms with van der Waals surface area (Å²) in [5.74, 6) is 0.341. The van der Waals surface area contributed by atoms with E-state index in [0.29, 0.717) is 11.6 Å². The van der Waals surface area contributed by atoms with Crippen molar-refractivity contribution in [3.63, 3.8) is 0 Å². The smallest absolute Gasteiger partial charge is 0.255 e. The number of anilines is 2. The average Bonchev–Trinajstić information content (AvgIpc) is 3.25. The number of nitrogens with one attached hydrogen (secondary N) is 2. The first-order valence-electron chi connectivity index (χ1n) is 10.7. The third kappa shape index (κ3) is 5.36. The van der Waals surface area contributed by atoms with Gasteiger partial charge in [-0.05, 0) is 60.4 Å². The third-order valence-corrected chi connectivity index (χ3v) is 7.03. The van der Waals surface area contributed by atoms with Gasteiger partial charge in [0.1, 0.15) is 0 Å². The molecule has 4 rings (SSSR count). The van der Waals surface area contributed by atoms with Crippen LogP contribution < -0.4 is 14.9 Å². The molecule has 1 unspecified atom stereocenters. The maximum atomic E-state index is 12.7. The van der Waals surface area contributed by atoms with E-state index in [1.165, 1.54) is 18.6 Å². The minimum absolute atomic E-state index is 0.0552. The number of carbonyl (C=O) groups is 1. The molecule has 1 aliphatic heterocycles. The predicted molar refractivity (Wildman–Crippen MR) is 127 cm³/mol. The Labute approximate surface area is 189 Å². The molecule has 1 atom stereocenters. The average molecular weight is 450 g/mol. The van der Waals surface area contributed by atoms with Crippen molar-refractivity contribution in [2.24, 2.45) is 5.92 Å². The molecule has 1 amide bonds. The van der Waals surface area contributed by atoms with Crippen molar-refractivity contribution >= 4 is 27.3 Å². The summed E-state index contributed by atoms with van der Waals surface area (Å²) in [5, 5.41) is 2.85. The zero-order chi connectivity index (χ0) is 22.6. The first-order valence-corrected chi connectivity index (χ1v) is 12.2. The minimum atomic E-state index is -3.74. The number of amides is 1. The lowest BCUT2D eigenvalue weighted by Crippen LogP contribution is -2.23. The Morgan fingerprint density at radius 1 is 1.00 bits per heavy atom. The van der Waals surface area contributed by atoms with Crippen LogP contribution in [0.4, 0.5) is 11.4 Å². The quantitative estimate of drug-likeness (QED) is 0.565. The SMILES string of the molecule is CC1CCN(c2ccc(NC(=O)c3cccc(S(=O)(=O)NCc4ccccc4)c3)cc2)C1. The number of benzene rings is 3. The molecule has 1 saturated heterocycles. The molecule has 1 fully saturated rings. The van der Waals surface area contributed by atoms with Gasteiger partial charge in [0.25, 0.3) is 5.91 Å². The van der Waals surface area contributed by atoms with Gasteiger partial charge < -0.3 is 10.2 Å². The van der Waals surface area contributed by atoms with Crippen LogP contribution >= 0.6 is 0 Å². The summed E-state index contributed by atoms with van der Waals surface area (Å²) in [5.41, 5.74) is 2.95. The zero-order valence-electron chi connectivity index (χ0n) is 18.0. The Morgan fingerprint density at radius 2 is 1.75 bits per heavy atom. The molecule has 166 valence electrons. The molecule has 3 aromatic rings. The topological polar surface area (TPSA) is 78.5 Å². The van der Waals surface area contributed by atoms with Crippen LogP contribution in [0, 0.1) is 5.92 Å². The van der Waals surface area contributed by atoms with Gasteiger partial charge in [-0.3, -0.25) is 4.79 Å².